The molecule has 0 aliphatic carbocycles. The first-order valence-corrected chi connectivity index (χ1v) is 11.5. The maximum atomic E-state index is 4.62. The van der Waals surface area contributed by atoms with Crippen LogP contribution in [0.3, 0.4) is 0 Å². The van der Waals surface area contributed by atoms with E-state index in [-0.39, 0.29) is 0 Å². The zero-order valence-electron chi connectivity index (χ0n) is 18.6. The monoisotopic (exact) mass is 430 g/mol. The maximum Gasteiger partial charge on any atom is 0.131 e. The van der Waals surface area contributed by atoms with E-state index in [4.69, 9.17) is 0 Å². The van der Waals surface area contributed by atoms with Crippen LogP contribution in [0.1, 0.15) is 32.8 Å². The van der Waals surface area contributed by atoms with Crippen LogP contribution in [-0.4, -0.2) is 34.4 Å². The van der Waals surface area contributed by atoms with Gasteiger partial charge in [0.25, 0.3) is 0 Å². The first-order chi connectivity index (χ1) is 14.9. The molecule has 1 aromatic heterocycles. The Bertz CT molecular complexity index is 1130. The zero-order chi connectivity index (χ0) is 22.0. The minimum Gasteiger partial charge on any atom is -0.351 e. The molecule has 3 heterocycles. The van der Waals surface area contributed by atoms with Crippen molar-refractivity contribution >= 4 is 33.3 Å². The lowest BCUT2D eigenvalue weighted by Gasteiger charge is -2.40. The lowest BCUT2D eigenvalue weighted by molar-refractivity contribution is 0.249. The number of fused-ring (bicyclic) bond motifs is 2. The van der Waals surface area contributed by atoms with Crippen LogP contribution in [0.15, 0.2) is 84.0 Å². The molecule has 1 saturated heterocycles. The van der Waals surface area contributed by atoms with E-state index in [0.717, 1.165) is 53.4 Å². The molecule has 0 spiro atoms. The van der Waals surface area contributed by atoms with Crippen molar-refractivity contribution < 1.29 is 0 Å². The van der Waals surface area contributed by atoms with E-state index in [1.54, 1.807) is 11.8 Å². The molecule has 0 bridgehead atoms. The summed E-state index contributed by atoms with van der Waals surface area (Å²) in [6.07, 6.45) is 9.55. The second kappa shape index (κ2) is 9.06. The fourth-order valence-corrected chi connectivity index (χ4v) is 4.76. The van der Waals surface area contributed by atoms with E-state index in [1.165, 1.54) is 21.7 Å². The number of rotatable bonds is 6. The summed E-state index contributed by atoms with van der Waals surface area (Å²) in [6.45, 7) is 17.4. The van der Waals surface area contributed by atoms with Crippen molar-refractivity contribution in [2.45, 2.75) is 27.2 Å². The van der Waals surface area contributed by atoms with Crippen LogP contribution in [0.2, 0.25) is 0 Å². The van der Waals surface area contributed by atoms with Crippen molar-refractivity contribution in [2.75, 3.05) is 25.0 Å². The van der Waals surface area contributed by atoms with Crippen molar-refractivity contribution in [1.82, 2.24) is 14.8 Å². The second-order valence-electron chi connectivity index (χ2n) is 8.09. The van der Waals surface area contributed by atoms with E-state index < -0.39 is 0 Å². The molecule has 0 unspecified atom stereocenters. The van der Waals surface area contributed by atoms with E-state index in [0.29, 0.717) is 0 Å². The third-order valence-corrected chi connectivity index (χ3v) is 6.75. The molecule has 2 aliphatic heterocycles. The zero-order valence-corrected chi connectivity index (χ0v) is 19.4. The Hall–Kier alpha value is -2.92. The van der Waals surface area contributed by atoms with Crippen LogP contribution in [0.5, 0.6) is 0 Å². The van der Waals surface area contributed by atoms with Crippen LogP contribution < -0.4 is 5.32 Å². The molecular formula is C26H30N4S. The first kappa shape index (κ1) is 21.3. The van der Waals surface area contributed by atoms with Crippen LogP contribution in [0.4, 0.5) is 5.82 Å². The van der Waals surface area contributed by atoms with Gasteiger partial charge in [0.15, 0.2) is 0 Å². The summed E-state index contributed by atoms with van der Waals surface area (Å²) in [7, 11) is 0. The van der Waals surface area contributed by atoms with Gasteiger partial charge in [-0.05, 0) is 60.8 Å². The van der Waals surface area contributed by atoms with Crippen molar-refractivity contribution in [1.29, 1.82) is 0 Å². The van der Waals surface area contributed by atoms with Crippen molar-refractivity contribution in [2.24, 2.45) is 0 Å². The predicted molar refractivity (Wildman–Crippen MR) is 135 cm³/mol. The van der Waals surface area contributed by atoms with Crippen molar-refractivity contribution in [3.05, 3.63) is 89.5 Å². The largest absolute Gasteiger partial charge is 0.351 e. The molecule has 2 aromatic rings. The predicted octanol–water partition coefficient (Wildman–Crippen LogP) is 6.55. The summed E-state index contributed by atoms with van der Waals surface area (Å²) < 4.78 is 0. The van der Waals surface area contributed by atoms with Gasteiger partial charge in [-0.2, -0.15) is 0 Å². The highest BCUT2D eigenvalue weighted by Gasteiger charge is 2.23. The molecule has 2 aliphatic rings. The molecule has 31 heavy (non-hydrogen) atoms. The number of anilines is 1. The average molecular weight is 431 g/mol. The number of pyridine rings is 1. The number of piperazine rings is 1. The van der Waals surface area contributed by atoms with Gasteiger partial charge in [-0.1, -0.05) is 49.2 Å². The summed E-state index contributed by atoms with van der Waals surface area (Å²) in [6, 6.07) is 8.60. The molecule has 0 radical (unpaired) electrons. The van der Waals surface area contributed by atoms with Crippen LogP contribution in [-0.2, 0) is 0 Å². The molecular weight excluding hydrogens is 400 g/mol. The van der Waals surface area contributed by atoms with Gasteiger partial charge in [0.2, 0.25) is 0 Å². The fourth-order valence-electron chi connectivity index (χ4n) is 4.03. The summed E-state index contributed by atoms with van der Waals surface area (Å²) in [5.41, 5.74) is 4.02. The van der Waals surface area contributed by atoms with Gasteiger partial charge < -0.3 is 15.1 Å². The number of thioether (sulfide) groups is 1. The Balaban J connectivity index is 1.52. The standard InChI is InChI=1S/C26H30N4S/c1-6-25(31-18(2)3)21-9-10-22-16-27-26(15-23(22)14-21)28-20(5)30-13-12-29-11-7-8-19(4)24(29)17-30/h6-7,9-11,14-16H,2,5,8,12-13,17H2,1,3-4H3,(H,27,28)/b25-6+. The Morgan fingerprint density at radius 3 is 2.81 bits per heavy atom. The number of aromatic nitrogens is 1. The van der Waals surface area contributed by atoms with Crippen LogP contribution in [0.25, 0.3) is 15.7 Å². The molecule has 1 aromatic carbocycles. The summed E-state index contributed by atoms with van der Waals surface area (Å²) >= 11 is 1.71. The highest BCUT2D eigenvalue weighted by Crippen LogP contribution is 2.34. The van der Waals surface area contributed by atoms with E-state index >= 15 is 0 Å². The molecule has 1 fully saturated rings. The third-order valence-electron chi connectivity index (χ3n) is 5.71. The van der Waals surface area contributed by atoms with Gasteiger partial charge in [0.1, 0.15) is 5.82 Å². The lowest BCUT2D eigenvalue weighted by atomic mass is 10.1. The average Bonchev–Trinajstić information content (AvgIpc) is 2.77. The molecule has 4 rings (SSSR count). The maximum absolute atomic E-state index is 4.62. The molecule has 1 N–H and O–H groups in total. The second-order valence-corrected chi connectivity index (χ2v) is 9.43. The van der Waals surface area contributed by atoms with Gasteiger partial charge in [0.05, 0.1) is 12.4 Å². The molecule has 0 saturated carbocycles. The minimum atomic E-state index is 0.820. The summed E-state index contributed by atoms with van der Waals surface area (Å²) in [5, 5.41) is 5.72. The van der Waals surface area contributed by atoms with E-state index in [2.05, 4.69) is 89.7 Å². The Kier molecular flexibility index (Phi) is 6.23. The fraction of sp³-hybridized carbons (Fsp3) is 0.269. The number of hydrogen-bond donors (Lipinski definition) is 1. The van der Waals surface area contributed by atoms with E-state index in [9.17, 15) is 0 Å². The Morgan fingerprint density at radius 1 is 1.19 bits per heavy atom. The summed E-state index contributed by atoms with van der Waals surface area (Å²) in [4.78, 5) is 11.6. The smallest absolute Gasteiger partial charge is 0.131 e. The van der Waals surface area contributed by atoms with Gasteiger partial charge >= 0.3 is 0 Å². The van der Waals surface area contributed by atoms with Crippen LogP contribution in [0, 0.1) is 0 Å². The highest BCUT2D eigenvalue weighted by molar-refractivity contribution is 8.11. The Labute approximate surface area is 189 Å². The quantitative estimate of drug-likeness (QED) is 0.561. The Morgan fingerprint density at radius 2 is 2.03 bits per heavy atom. The SMILES string of the molecule is C=C(C)S/C(=C/C)c1ccc2cnc(NC(=C)N3CCN4C=CCC(C)=C4C3)cc2c1. The lowest BCUT2D eigenvalue weighted by Crippen LogP contribution is -2.44. The molecule has 0 amide bonds. The van der Waals surface area contributed by atoms with Gasteiger partial charge in [-0.3, -0.25) is 0 Å². The number of hydrogen-bond acceptors (Lipinski definition) is 5. The topological polar surface area (TPSA) is 31.4 Å². The molecule has 160 valence electrons. The van der Waals surface area contributed by atoms with Gasteiger partial charge in [-0.25, -0.2) is 4.98 Å². The number of nitrogens with one attached hydrogen (secondary N) is 1. The first-order valence-electron chi connectivity index (χ1n) is 10.7. The minimum absolute atomic E-state index is 0.820. The van der Waals surface area contributed by atoms with E-state index in [1.807, 2.05) is 13.1 Å². The molecule has 5 heteroatoms. The number of allylic oxidation sites excluding steroid dienone is 4. The van der Waals surface area contributed by atoms with Crippen molar-refractivity contribution in [3.63, 3.8) is 0 Å². The molecule has 4 nitrogen and oxygen atoms in total. The third kappa shape index (κ3) is 4.72. The highest BCUT2D eigenvalue weighted by atomic mass is 32.2. The number of nitrogens with zero attached hydrogens (tertiary/aromatic N) is 3. The van der Waals surface area contributed by atoms with Crippen molar-refractivity contribution in [3.8, 4) is 0 Å². The number of benzene rings is 1. The summed E-state index contributed by atoms with van der Waals surface area (Å²) in [5.74, 6) is 1.71. The normalized spacial score (nSPS) is 16.5. The van der Waals surface area contributed by atoms with Gasteiger partial charge in [-0.15, -0.1) is 0 Å². The van der Waals surface area contributed by atoms with Gasteiger partial charge in [0, 0.05) is 41.5 Å². The molecule has 0 atom stereocenters. The van der Waals surface area contributed by atoms with Crippen LogP contribution >= 0.6 is 11.8 Å².